The highest BCUT2D eigenvalue weighted by molar-refractivity contribution is 5.87. The fraction of sp³-hybridized carbons (Fsp3) is 0.864. The molecule has 26 heavy (non-hydrogen) atoms. The van der Waals surface area contributed by atoms with Crippen molar-refractivity contribution >= 4 is 5.78 Å². The number of rotatable bonds is 1. The Bertz CT molecular complexity index is 779. The van der Waals surface area contributed by atoms with Crippen molar-refractivity contribution in [2.45, 2.75) is 70.4 Å². The Morgan fingerprint density at radius 2 is 2.19 bits per heavy atom. The smallest absolute Gasteiger partial charge is 0.140 e. The molecular weight excluding hydrogens is 326 g/mol. The van der Waals surface area contributed by atoms with E-state index in [0.717, 1.165) is 25.0 Å². The van der Waals surface area contributed by atoms with Crippen LogP contribution in [0, 0.1) is 39.9 Å². The Morgan fingerprint density at radius 1 is 1.38 bits per heavy atom. The minimum absolute atomic E-state index is 0.0853. The van der Waals surface area contributed by atoms with Gasteiger partial charge in [-0.2, -0.15) is 0 Å². The van der Waals surface area contributed by atoms with Gasteiger partial charge >= 0.3 is 0 Å². The molecule has 0 amide bonds. The predicted octanol–water partition coefficient (Wildman–Crippen LogP) is 2.36. The first kappa shape index (κ1) is 15.2. The Kier molecular flexibility index (Phi) is 2.35. The topological polar surface area (TPSA) is 49.8 Å². The van der Waals surface area contributed by atoms with E-state index in [4.69, 9.17) is 4.74 Å². The van der Waals surface area contributed by atoms with E-state index < -0.39 is 6.10 Å². The van der Waals surface area contributed by atoms with Gasteiger partial charge in [-0.15, -0.1) is 0 Å². The molecule has 4 heterocycles. The number of carbonyl (C=O) groups excluding carboxylic acids is 1. The van der Waals surface area contributed by atoms with E-state index in [1.54, 1.807) is 0 Å². The lowest BCUT2D eigenvalue weighted by Gasteiger charge is -2.73. The third-order valence-corrected chi connectivity index (χ3v) is 10.8. The number of aliphatic hydroxyl groups is 1. The summed E-state index contributed by atoms with van der Waals surface area (Å²) in [7, 11) is 0. The zero-order valence-electron chi connectivity index (χ0n) is 15.8. The van der Waals surface area contributed by atoms with E-state index >= 15 is 0 Å². The summed E-state index contributed by atoms with van der Waals surface area (Å²) in [5, 5.41) is 11.4. The molecule has 4 saturated heterocycles. The molecule has 1 N–H and O–H groups in total. The van der Waals surface area contributed by atoms with Crippen molar-refractivity contribution in [3.63, 3.8) is 0 Å². The highest BCUT2D eigenvalue weighted by Crippen LogP contribution is 2.86. The van der Waals surface area contributed by atoms with Gasteiger partial charge < -0.3 is 9.84 Å². The zero-order chi connectivity index (χ0) is 17.8. The Balaban J connectivity index is 1.52. The molecule has 0 aromatic carbocycles. The standard InChI is InChI=1S/C22H29NO3/c1-4-23-17-12-7-14-20(3)6-5-16(26-19(20)23)22(14,17)15-8-13(24)11-9-21(12,15)18(25)10(11)2/h11-12,14-19,25H,2,4-9H2,1,3H3/t11?,12?,14?,15?,16?,17?,18-,19?,20-,21?,22?/m1/s1. The number of aliphatic hydroxyl groups excluding tert-OH is 1. The molecule has 9 rings (SSSR count). The summed E-state index contributed by atoms with van der Waals surface area (Å²) in [6.07, 6.45) is 5.21. The number of carbonyl (C=O) groups is 1. The van der Waals surface area contributed by atoms with Crippen LogP contribution in [0.15, 0.2) is 12.2 Å². The number of hydrogen-bond acceptors (Lipinski definition) is 4. The van der Waals surface area contributed by atoms with Crippen molar-refractivity contribution in [1.29, 1.82) is 0 Å². The number of ether oxygens (including phenoxy) is 1. The Labute approximate surface area is 155 Å². The van der Waals surface area contributed by atoms with Gasteiger partial charge in [0.2, 0.25) is 0 Å². The van der Waals surface area contributed by atoms with Crippen LogP contribution in [0.4, 0.5) is 0 Å². The molecule has 0 aromatic rings. The van der Waals surface area contributed by atoms with Gasteiger partial charge in [0.05, 0.1) is 12.2 Å². The van der Waals surface area contributed by atoms with E-state index in [2.05, 4.69) is 25.3 Å². The number of fused-ring (bicyclic) bond motifs is 2. The molecule has 0 radical (unpaired) electrons. The Morgan fingerprint density at radius 3 is 2.96 bits per heavy atom. The van der Waals surface area contributed by atoms with Gasteiger partial charge in [0.1, 0.15) is 12.0 Å². The highest BCUT2D eigenvalue weighted by Gasteiger charge is 2.88. The molecule has 2 spiro atoms. The zero-order valence-corrected chi connectivity index (χ0v) is 15.8. The van der Waals surface area contributed by atoms with Crippen LogP contribution in [0.25, 0.3) is 0 Å². The molecule has 9 unspecified atom stereocenters. The van der Waals surface area contributed by atoms with Crippen molar-refractivity contribution in [3.05, 3.63) is 12.2 Å². The van der Waals surface area contributed by atoms with E-state index in [1.165, 1.54) is 12.8 Å². The lowest BCUT2D eigenvalue weighted by molar-refractivity contribution is -0.370. The third kappa shape index (κ3) is 1.11. The van der Waals surface area contributed by atoms with E-state index in [0.29, 0.717) is 42.1 Å². The minimum atomic E-state index is -0.487. The maximum absolute atomic E-state index is 13.0. The van der Waals surface area contributed by atoms with Crippen LogP contribution in [-0.2, 0) is 9.53 Å². The second-order valence-corrected chi connectivity index (χ2v) is 10.8. The summed E-state index contributed by atoms with van der Waals surface area (Å²) in [4.78, 5) is 15.7. The van der Waals surface area contributed by atoms with Crippen LogP contribution >= 0.6 is 0 Å². The van der Waals surface area contributed by atoms with Crippen LogP contribution in [0.1, 0.15) is 46.0 Å². The van der Waals surface area contributed by atoms with Crippen LogP contribution in [0.2, 0.25) is 0 Å². The quantitative estimate of drug-likeness (QED) is 0.734. The summed E-state index contributed by atoms with van der Waals surface area (Å²) < 4.78 is 6.75. The SMILES string of the molecule is C=C1C2CC3(C4CC5C6(C7CC[C@@]5(C)C(O7)N(CC)C46)C3CC2=O)[C@@H]1O. The molecule has 11 atom stereocenters. The van der Waals surface area contributed by atoms with Crippen molar-refractivity contribution in [1.82, 2.24) is 4.90 Å². The van der Waals surface area contributed by atoms with Gasteiger partial charge in [-0.05, 0) is 55.6 Å². The van der Waals surface area contributed by atoms with Gasteiger partial charge in [0.15, 0.2) is 0 Å². The average molecular weight is 355 g/mol. The summed E-state index contributed by atoms with van der Waals surface area (Å²) in [5.41, 5.74) is 1.03. The maximum atomic E-state index is 13.0. The van der Waals surface area contributed by atoms with Crippen LogP contribution in [0.5, 0.6) is 0 Å². The minimum Gasteiger partial charge on any atom is -0.388 e. The molecule has 9 aliphatic rings. The normalized spacial score (nSPS) is 66.7. The number of ketones is 1. The van der Waals surface area contributed by atoms with Gasteiger partial charge in [-0.3, -0.25) is 9.69 Å². The van der Waals surface area contributed by atoms with Crippen LogP contribution in [-0.4, -0.2) is 46.8 Å². The second kappa shape index (κ2) is 4.01. The van der Waals surface area contributed by atoms with Crippen LogP contribution < -0.4 is 0 Å². The van der Waals surface area contributed by atoms with Crippen molar-refractivity contribution < 1.29 is 14.6 Å². The third-order valence-electron chi connectivity index (χ3n) is 10.8. The van der Waals surface area contributed by atoms with Gasteiger partial charge in [-0.25, -0.2) is 0 Å². The highest BCUT2D eigenvalue weighted by atomic mass is 16.5. The summed E-state index contributed by atoms with van der Waals surface area (Å²) in [6, 6.07) is 0.506. The van der Waals surface area contributed by atoms with Gasteiger partial charge in [0.25, 0.3) is 0 Å². The van der Waals surface area contributed by atoms with Crippen molar-refractivity contribution in [2.75, 3.05) is 6.54 Å². The molecule has 140 valence electrons. The van der Waals surface area contributed by atoms with Gasteiger partial charge in [0, 0.05) is 34.6 Å². The maximum Gasteiger partial charge on any atom is 0.140 e. The van der Waals surface area contributed by atoms with Crippen LogP contribution in [0.3, 0.4) is 0 Å². The monoisotopic (exact) mass is 355 g/mol. The summed E-state index contributed by atoms with van der Waals surface area (Å²) >= 11 is 0. The Hall–Kier alpha value is -0.710. The summed E-state index contributed by atoms with van der Waals surface area (Å²) in [5.74, 6) is 1.74. The molecule has 5 saturated carbocycles. The second-order valence-electron chi connectivity index (χ2n) is 10.8. The lowest BCUT2D eigenvalue weighted by Crippen LogP contribution is -2.78. The number of Topliss-reactive ketones (excluding diaryl/α,β-unsaturated/α-hetero) is 1. The summed E-state index contributed by atoms with van der Waals surface area (Å²) in [6.45, 7) is 9.94. The first-order valence-electron chi connectivity index (χ1n) is 10.7. The molecule has 0 aromatic heterocycles. The molecule has 4 heteroatoms. The van der Waals surface area contributed by atoms with Crippen molar-refractivity contribution in [3.8, 4) is 0 Å². The first-order chi connectivity index (χ1) is 12.4. The predicted molar refractivity (Wildman–Crippen MR) is 95.0 cm³/mol. The van der Waals surface area contributed by atoms with E-state index in [1.807, 2.05) is 0 Å². The fourth-order valence-electron chi connectivity index (χ4n) is 10.3. The number of nitrogens with zero attached hydrogens (tertiary/aromatic N) is 1. The first-order valence-corrected chi connectivity index (χ1v) is 10.7. The van der Waals surface area contributed by atoms with E-state index in [-0.39, 0.29) is 28.4 Å². The van der Waals surface area contributed by atoms with Crippen molar-refractivity contribution in [2.24, 2.45) is 39.9 Å². The molecule has 9 bridgehead atoms. The number of hydrogen-bond donors (Lipinski definition) is 1. The largest absolute Gasteiger partial charge is 0.388 e. The molecule has 9 fully saturated rings. The molecule has 4 nitrogen and oxygen atoms in total. The number of piperidine rings is 1. The lowest BCUT2D eigenvalue weighted by atomic mass is 9.41. The molecular formula is C22H29NO3. The molecule has 5 aliphatic carbocycles. The van der Waals surface area contributed by atoms with E-state index in [9.17, 15) is 9.90 Å². The van der Waals surface area contributed by atoms with Gasteiger partial charge in [-0.1, -0.05) is 20.4 Å². The fourth-order valence-corrected chi connectivity index (χ4v) is 10.3. The average Bonchev–Trinajstić information content (AvgIpc) is 3.17. The molecule has 4 aliphatic heterocycles.